The van der Waals surface area contributed by atoms with Crippen molar-refractivity contribution in [2.24, 2.45) is 0 Å². The fraction of sp³-hybridized carbons (Fsp3) is 0.538. The van der Waals surface area contributed by atoms with Gasteiger partial charge >= 0.3 is 5.97 Å². The third-order valence-corrected chi connectivity index (χ3v) is 7.03. The molecule has 4 rings (SSSR count). The molecule has 0 bridgehead atoms. The molecule has 1 aliphatic carbocycles. The van der Waals surface area contributed by atoms with Gasteiger partial charge in [0.2, 0.25) is 11.3 Å². The minimum Gasteiger partial charge on any atom is -0.465 e. The van der Waals surface area contributed by atoms with Crippen LogP contribution in [0.1, 0.15) is 68.8 Å². The summed E-state index contributed by atoms with van der Waals surface area (Å²) in [6.07, 6.45) is 7.36. The summed E-state index contributed by atoms with van der Waals surface area (Å²) in [5, 5.41) is 5.79. The highest BCUT2D eigenvalue weighted by Gasteiger charge is 2.28. The van der Waals surface area contributed by atoms with E-state index in [1.807, 2.05) is 0 Å². The summed E-state index contributed by atoms with van der Waals surface area (Å²) in [5.74, 6) is -1.97. The van der Waals surface area contributed by atoms with Crippen molar-refractivity contribution in [1.29, 1.82) is 0 Å². The highest BCUT2D eigenvalue weighted by atomic mass is 19.1. The van der Waals surface area contributed by atoms with E-state index in [-0.39, 0.29) is 42.1 Å². The Labute approximate surface area is 209 Å². The highest BCUT2D eigenvalue weighted by molar-refractivity contribution is 5.99. The number of hydrogen-bond donors (Lipinski definition) is 2. The van der Waals surface area contributed by atoms with E-state index < -0.39 is 23.1 Å². The van der Waals surface area contributed by atoms with Crippen LogP contribution in [-0.4, -0.2) is 59.5 Å². The van der Waals surface area contributed by atoms with Crippen molar-refractivity contribution < 1.29 is 23.5 Å². The molecule has 1 aromatic carbocycles. The fourth-order valence-electron chi connectivity index (χ4n) is 5.13. The van der Waals surface area contributed by atoms with E-state index in [1.165, 1.54) is 25.6 Å². The molecule has 36 heavy (non-hydrogen) atoms. The molecule has 2 aromatic rings. The Bertz CT molecular complexity index is 1220. The molecule has 2 N–H and O–H groups in total. The molecule has 194 valence electrons. The Kier molecular flexibility index (Phi) is 7.91. The lowest BCUT2D eigenvalue weighted by molar-refractivity contribution is -0.141. The summed E-state index contributed by atoms with van der Waals surface area (Å²) in [6.45, 7) is 3.90. The first-order valence-corrected chi connectivity index (χ1v) is 12.6. The van der Waals surface area contributed by atoms with Crippen LogP contribution in [0.15, 0.2) is 23.1 Å². The predicted molar refractivity (Wildman–Crippen MR) is 134 cm³/mol. The molecule has 2 fully saturated rings. The molecular formula is C26H33FN4O5. The Hall–Kier alpha value is -3.43. The number of nitrogens with one attached hydrogen (secondary N) is 2. The zero-order valence-corrected chi connectivity index (χ0v) is 20.8. The lowest BCUT2D eigenvalue weighted by Crippen LogP contribution is -2.35. The minimum absolute atomic E-state index is 0.0547. The van der Waals surface area contributed by atoms with Crippen LogP contribution in [-0.2, 0) is 14.3 Å². The van der Waals surface area contributed by atoms with Gasteiger partial charge in [0, 0.05) is 37.6 Å². The molecule has 1 aliphatic heterocycles. The van der Waals surface area contributed by atoms with Crippen LogP contribution < -0.4 is 16.1 Å². The molecule has 2 amide bonds. The van der Waals surface area contributed by atoms with E-state index >= 15 is 4.39 Å². The van der Waals surface area contributed by atoms with Crippen LogP contribution in [0.3, 0.4) is 0 Å². The maximum Gasteiger partial charge on any atom is 0.325 e. The maximum atomic E-state index is 15.2. The Morgan fingerprint density at radius 2 is 1.89 bits per heavy atom. The van der Waals surface area contributed by atoms with E-state index in [9.17, 15) is 19.2 Å². The summed E-state index contributed by atoms with van der Waals surface area (Å²) in [7, 11) is 0. The molecule has 2 aliphatic rings. The van der Waals surface area contributed by atoms with Gasteiger partial charge in [-0.2, -0.15) is 0 Å². The number of carbonyl (C=O) groups is 3. The highest BCUT2D eigenvalue weighted by Crippen LogP contribution is 2.30. The second kappa shape index (κ2) is 11.1. The SMILES string of the molecule is CCOC(=O)CNC(=O)c1cn(C2CCN(C(C)=O)C2)c2cc(NC3CCCCC3)c(F)cc2c1=O. The number of anilines is 1. The number of carbonyl (C=O) groups excluding carboxylic acids is 3. The molecule has 0 radical (unpaired) electrons. The quantitative estimate of drug-likeness (QED) is 0.566. The van der Waals surface area contributed by atoms with Crippen LogP contribution in [0, 0.1) is 5.82 Å². The number of fused-ring (bicyclic) bond motifs is 1. The third kappa shape index (κ3) is 5.52. The van der Waals surface area contributed by atoms with Crippen molar-refractivity contribution >= 4 is 34.4 Å². The summed E-state index contributed by atoms with van der Waals surface area (Å²) < 4.78 is 21.8. The van der Waals surface area contributed by atoms with Crippen molar-refractivity contribution in [2.75, 3.05) is 31.6 Å². The number of aromatic nitrogens is 1. The molecule has 1 aromatic heterocycles. The molecule has 0 spiro atoms. The standard InChI is InChI=1S/C26H33FN4O5/c1-3-36-24(33)13-28-26(35)20-15-31(18-9-10-30(14-18)16(2)32)23-12-22(21(27)11-19(23)25(20)34)29-17-7-5-4-6-8-17/h11-12,15,17-18,29H,3-10,13-14H2,1-2H3,(H,28,35). The van der Waals surface area contributed by atoms with Crippen molar-refractivity contribution in [3.8, 4) is 0 Å². The van der Waals surface area contributed by atoms with Crippen LogP contribution in [0.4, 0.5) is 10.1 Å². The number of rotatable bonds is 7. The molecule has 1 atom stereocenters. The second-order valence-electron chi connectivity index (χ2n) is 9.50. The smallest absolute Gasteiger partial charge is 0.325 e. The molecule has 1 unspecified atom stereocenters. The topological polar surface area (TPSA) is 110 Å². The number of esters is 1. The number of nitrogens with zero attached hydrogens (tertiary/aromatic N) is 2. The number of hydrogen-bond acceptors (Lipinski definition) is 6. The number of benzene rings is 1. The minimum atomic E-state index is -0.741. The van der Waals surface area contributed by atoms with Gasteiger partial charge in [0.25, 0.3) is 5.91 Å². The van der Waals surface area contributed by atoms with Gasteiger partial charge in [-0.05, 0) is 38.3 Å². The number of ether oxygens (including phenoxy) is 1. The van der Waals surface area contributed by atoms with E-state index in [2.05, 4.69) is 10.6 Å². The van der Waals surface area contributed by atoms with Crippen LogP contribution in [0.2, 0.25) is 0 Å². The van der Waals surface area contributed by atoms with Gasteiger partial charge < -0.3 is 24.8 Å². The van der Waals surface area contributed by atoms with E-state index in [1.54, 1.807) is 22.5 Å². The van der Waals surface area contributed by atoms with Crippen molar-refractivity contribution in [3.05, 3.63) is 39.9 Å². The average molecular weight is 501 g/mol. The summed E-state index contributed by atoms with van der Waals surface area (Å²) >= 11 is 0. The summed E-state index contributed by atoms with van der Waals surface area (Å²) in [6, 6.07) is 2.79. The monoisotopic (exact) mass is 500 g/mol. The Morgan fingerprint density at radius 1 is 1.14 bits per heavy atom. The molecule has 2 heterocycles. The van der Waals surface area contributed by atoms with Crippen LogP contribution in [0.5, 0.6) is 0 Å². The number of amides is 2. The normalized spacial score (nSPS) is 18.3. The lowest BCUT2D eigenvalue weighted by Gasteiger charge is -2.25. The largest absolute Gasteiger partial charge is 0.465 e. The first-order valence-electron chi connectivity index (χ1n) is 12.6. The number of halogens is 1. The lowest BCUT2D eigenvalue weighted by atomic mass is 9.95. The van der Waals surface area contributed by atoms with Gasteiger partial charge in [0.15, 0.2) is 0 Å². The second-order valence-corrected chi connectivity index (χ2v) is 9.50. The van der Waals surface area contributed by atoms with E-state index in [0.29, 0.717) is 30.7 Å². The fourth-order valence-corrected chi connectivity index (χ4v) is 5.13. The van der Waals surface area contributed by atoms with Crippen LogP contribution in [0.25, 0.3) is 10.9 Å². The van der Waals surface area contributed by atoms with Gasteiger partial charge in [-0.25, -0.2) is 4.39 Å². The first-order chi connectivity index (χ1) is 17.3. The van der Waals surface area contributed by atoms with E-state index in [0.717, 1.165) is 25.7 Å². The molecule has 10 heteroatoms. The average Bonchev–Trinajstić information content (AvgIpc) is 3.35. The predicted octanol–water partition coefficient (Wildman–Crippen LogP) is 2.97. The third-order valence-electron chi connectivity index (χ3n) is 7.03. The zero-order chi connectivity index (χ0) is 25.8. The van der Waals surface area contributed by atoms with Gasteiger partial charge in [-0.3, -0.25) is 19.2 Å². The molecule has 9 nitrogen and oxygen atoms in total. The molecule has 1 saturated carbocycles. The van der Waals surface area contributed by atoms with E-state index in [4.69, 9.17) is 4.74 Å². The molecular weight excluding hydrogens is 467 g/mol. The zero-order valence-electron chi connectivity index (χ0n) is 20.8. The van der Waals surface area contributed by atoms with Crippen molar-refractivity contribution in [3.63, 3.8) is 0 Å². The van der Waals surface area contributed by atoms with Crippen molar-refractivity contribution in [1.82, 2.24) is 14.8 Å². The summed E-state index contributed by atoms with van der Waals surface area (Å²) in [5.41, 5.74) is 0.00754. The first kappa shape index (κ1) is 25.7. The van der Waals surface area contributed by atoms with Crippen molar-refractivity contribution in [2.45, 2.75) is 64.5 Å². The number of pyridine rings is 1. The Morgan fingerprint density at radius 3 is 2.56 bits per heavy atom. The van der Waals surface area contributed by atoms with Gasteiger partial charge in [-0.1, -0.05) is 19.3 Å². The van der Waals surface area contributed by atoms with Gasteiger partial charge in [0.1, 0.15) is 17.9 Å². The number of likely N-dealkylation sites (tertiary alicyclic amines) is 1. The maximum absolute atomic E-state index is 15.2. The molecule has 1 saturated heterocycles. The van der Waals surface area contributed by atoms with Gasteiger partial charge in [0.05, 0.1) is 23.9 Å². The van der Waals surface area contributed by atoms with Gasteiger partial charge in [-0.15, -0.1) is 0 Å². The summed E-state index contributed by atoms with van der Waals surface area (Å²) in [4.78, 5) is 51.5. The Balaban J connectivity index is 1.75. The van der Waals surface area contributed by atoms with Crippen LogP contribution >= 0.6 is 0 Å².